The summed E-state index contributed by atoms with van der Waals surface area (Å²) >= 11 is 2.71. The molecule has 0 aliphatic heterocycles. The Morgan fingerprint density at radius 2 is 2.13 bits per heavy atom. The number of carbonyl (C=O) groups excluding carboxylic acids is 1. The summed E-state index contributed by atoms with van der Waals surface area (Å²) in [4.78, 5) is 16.6. The number of benzene rings is 1. The Bertz CT molecular complexity index is 885. The number of fused-ring (bicyclic) bond motifs is 1. The second-order valence-corrected chi connectivity index (χ2v) is 7.16. The van der Waals surface area contributed by atoms with E-state index in [1.54, 1.807) is 6.92 Å². The van der Waals surface area contributed by atoms with Crippen LogP contribution in [0.5, 0.6) is 0 Å². The molecule has 3 rings (SSSR count). The van der Waals surface area contributed by atoms with Gasteiger partial charge in [0.2, 0.25) is 11.1 Å². The summed E-state index contributed by atoms with van der Waals surface area (Å²) in [5.41, 5.74) is 3.23. The highest BCUT2D eigenvalue weighted by molar-refractivity contribution is 7.99. The number of anilines is 1. The van der Waals surface area contributed by atoms with Crippen LogP contribution in [0.2, 0.25) is 0 Å². The minimum absolute atomic E-state index is 0.149. The molecule has 3 aromatic rings. The van der Waals surface area contributed by atoms with Crippen LogP contribution in [0.3, 0.4) is 0 Å². The first-order valence-corrected chi connectivity index (χ1v) is 8.72. The van der Waals surface area contributed by atoms with Gasteiger partial charge in [0.05, 0.1) is 16.0 Å². The molecule has 0 radical (unpaired) electrons. The van der Waals surface area contributed by atoms with Crippen molar-refractivity contribution >= 4 is 44.4 Å². The lowest BCUT2D eigenvalue weighted by molar-refractivity contribution is -0.113. The van der Waals surface area contributed by atoms with Gasteiger partial charge in [-0.1, -0.05) is 29.2 Å². The molecule has 0 atom stereocenters. The van der Waals surface area contributed by atoms with Crippen molar-refractivity contribution in [1.82, 2.24) is 19.9 Å². The molecule has 0 unspecified atom stereocenters. The van der Waals surface area contributed by atoms with Gasteiger partial charge in [-0.2, -0.15) is 0 Å². The largest absolute Gasteiger partial charge is 0.336 e. The summed E-state index contributed by atoms with van der Waals surface area (Å²) in [5.74, 6) is 6.40. The molecule has 23 heavy (non-hydrogen) atoms. The smallest absolute Gasteiger partial charge is 0.236 e. The zero-order chi connectivity index (χ0) is 16.6. The molecule has 2 aromatic heterocycles. The Labute approximate surface area is 141 Å². The van der Waals surface area contributed by atoms with E-state index in [1.165, 1.54) is 33.3 Å². The van der Waals surface area contributed by atoms with E-state index in [1.807, 2.05) is 13.8 Å². The molecule has 7 nitrogen and oxygen atoms in total. The Morgan fingerprint density at radius 1 is 1.35 bits per heavy atom. The van der Waals surface area contributed by atoms with Gasteiger partial charge < -0.3 is 11.2 Å². The summed E-state index contributed by atoms with van der Waals surface area (Å²) in [6.45, 7) is 5.82. The van der Waals surface area contributed by atoms with Crippen LogP contribution in [0.25, 0.3) is 10.2 Å². The van der Waals surface area contributed by atoms with Crippen LogP contribution >= 0.6 is 23.1 Å². The molecule has 3 N–H and O–H groups in total. The molecule has 0 saturated carbocycles. The predicted molar refractivity (Wildman–Crippen MR) is 93.4 cm³/mol. The summed E-state index contributed by atoms with van der Waals surface area (Å²) in [7, 11) is 0. The second kappa shape index (κ2) is 6.17. The fraction of sp³-hybridized carbons (Fsp3) is 0.286. The van der Waals surface area contributed by atoms with Gasteiger partial charge in [0, 0.05) is 0 Å². The fourth-order valence-electron chi connectivity index (χ4n) is 2.16. The summed E-state index contributed by atoms with van der Waals surface area (Å²) in [6.07, 6.45) is 0. The van der Waals surface area contributed by atoms with Gasteiger partial charge in [-0.3, -0.25) is 4.79 Å². The molecule has 0 aliphatic rings. The topological polar surface area (TPSA) is 98.7 Å². The van der Waals surface area contributed by atoms with Crippen LogP contribution in [0.1, 0.15) is 17.0 Å². The Balaban J connectivity index is 1.68. The third-order valence-electron chi connectivity index (χ3n) is 3.24. The number of amides is 1. The van der Waals surface area contributed by atoms with E-state index in [0.29, 0.717) is 16.1 Å². The molecule has 9 heteroatoms. The highest BCUT2D eigenvalue weighted by Gasteiger charge is 2.12. The zero-order valence-corrected chi connectivity index (χ0v) is 14.6. The lowest BCUT2D eigenvalue weighted by atomic mass is 10.1. The Morgan fingerprint density at radius 3 is 2.83 bits per heavy atom. The summed E-state index contributed by atoms with van der Waals surface area (Å²) in [5, 5.41) is 11.7. The van der Waals surface area contributed by atoms with Gasteiger partial charge in [-0.05, 0) is 38.0 Å². The van der Waals surface area contributed by atoms with E-state index in [2.05, 4.69) is 32.6 Å². The third kappa shape index (κ3) is 3.30. The Kier molecular flexibility index (Phi) is 4.22. The number of thiazole rings is 1. The average Bonchev–Trinajstić information content (AvgIpc) is 3.02. The number of hydrogen-bond donors (Lipinski definition) is 2. The van der Waals surface area contributed by atoms with Crippen LogP contribution in [-0.2, 0) is 4.79 Å². The van der Waals surface area contributed by atoms with E-state index >= 15 is 0 Å². The number of carbonyl (C=O) groups is 1. The van der Waals surface area contributed by atoms with Crippen molar-refractivity contribution in [3.05, 3.63) is 29.1 Å². The van der Waals surface area contributed by atoms with Gasteiger partial charge in [-0.25, -0.2) is 9.66 Å². The number of rotatable bonds is 4. The maximum absolute atomic E-state index is 12.1. The lowest BCUT2D eigenvalue weighted by Gasteiger charge is -2.01. The van der Waals surface area contributed by atoms with Crippen molar-refractivity contribution in [1.29, 1.82) is 0 Å². The maximum Gasteiger partial charge on any atom is 0.236 e. The molecule has 0 saturated heterocycles. The number of aryl methyl sites for hydroxylation is 3. The van der Waals surface area contributed by atoms with E-state index in [4.69, 9.17) is 5.84 Å². The number of nitrogens with zero attached hydrogens (tertiary/aromatic N) is 4. The number of thioether (sulfide) groups is 1. The van der Waals surface area contributed by atoms with Crippen molar-refractivity contribution in [2.75, 3.05) is 16.9 Å². The molecule has 1 aromatic carbocycles. The lowest BCUT2D eigenvalue weighted by Crippen LogP contribution is -2.16. The first kappa shape index (κ1) is 15.8. The van der Waals surface area contributed by atoms with Gasteiger partial charge in [0.25, 0.3) is 0 Å². The average molecular weight is 348 g/mol. The monoisotopic (exact) mass is 348 g/mol. The van der Waals surface area contributed by atoms with Crippen LogP contribution in [0.4, 0.5) is 5.13 Å². The van der Waals surface area contributed by atoms with Crippen molar-refractivity contribution in [3.8, 4) is 0 Å². The molecule has 2 heterocycles. The third-order valence-corrected chi connectivity index (χ3v) is 5.10. The molecular formula is C14H16N6OS2. The van der Waals surface area contributed by atoms with Crippen molar-refractivity contribution in [3.63, 3.8) is 0 Å². The van der Waals surface area contributed by atoms with E-state index in [0.717, 1.165) is 15.8 Å². The van der Waals surface area contributed by atoms with E-state index < -0.39 is 0 Å². The van der Waals surface area contributed by atoms with Gasteiger partial charge in [0.1, 0.15) is 5.82 Å². The number of nitrogen functional groups attached to an aromatic ring is 1. The maximum atomic E-state index is 12.1. The number of nitrogens with two attached hydrogens (primary N) is 1. The predicted octanol–water partition coefficient (Wildman–Crippen LogP) is 2.26. The molecule has 0 bridgehead atoms. The van der Waals surface area contributed by atoms with E-state index in [-0.39, 0.29) is 11.7 Å². The fourth-order valence-corrected chi connectivity index (χ4v) is 3.92. The highest BCUT2D eigenvalue weighted by atomic mass is 32.2. The summed E-state index contributed by atoms with van der Waals surface area (Å²) in [6, 6.07) is 4.16. The standard InChI is InChI=1S/C14H16N6OS2/c1-7-4-8(2)12-10(5-7)23-13(17-12)16-11(21)6-22-14-19-18-9(3)20(14)15/h4-5H,6,15H2,1-3H3,(H,16,17,21). The minimum Gasteiger partial charge on any atom is -0.336 e. The van der Waals surface area contributed by atoms with Crippen molar-refractivity contribution in [2.24, 2.45) is 0 Å². The highest BCUT2D eigenvalue weighted by Crippen LogP contribution is 2.29. The SMILES string of the molecule is Cc1cc(C)c2nc(NC(=O)CSc3nnc(C)n3N)sc2c1. The second-order valence-electron chi connectivity index (χ2n) is 5.18. The normalized spacial score (nSPS) is 11.1. The minimum atomic E-state index is -0.149. The van der Waals surface area contributed by atoms with Crippen LogP contribution in [-0.4, -0.2) is 31.5 Å². The van der Waals surface area contributed by atoms with Crippen molar-refractivity contribution in [2.45, 2.75) is 25.9 Å². The number of nitrogens with one attached hydrogen (secondary N) is 1. The first-order valence-electron chi connectivity index (χ1n) is 6.91. The molecule has 0 spiro atoms. The summed E-state index contributed by atoms with van der Waals surface area (Å²) < 4.78 is 2.43. The quantitative estimate of drug-likeness (QED) is 0.554. The molecule has 1 amide bonds. The zero-order valence-electron chi connectivity index (χ0n) is 13.0. The van der Waals surface area contributed by atoms with Gasteiger partial charge in [0.15, 0.2) is 5.13 Å². The van der Waals surface area contributed by atoms with E-state index in [9.17, 15) is 4.79 Å². The molecule has 120 valence electrons. The van der Waals surface area contributed by atoms with Crippen LogP contribution in [0, 0.1) is 20.8 Å². The first-order chi connectivity index (χ1) is 10.9. The Hall–Kier alpha value is -2.13. The molecule has 0 fully saturated rings. The van der Waals surface area contributed by atoms with Gasteiger partial charge >= 0.3 is 0 Å². The van der Waals surface area contributed by atoms with Crippen LogP contribution < -0.4 is 11.2 Å². The van der Waals surface area contributed by atoms with Crippen molar-refractivity contribution < 1.29 is 4.79 Å². The number of aromatic nitrogens is 4. The molecule has 0 aliphatic carbocycles. The molecular weight excluding hydrogens is 332 g/mol. The van der Waals surface area contributed by atoms with Gasteiger partial charge in [-0.15, -0.1) is 10.2 Å². The van der Waals surface area contributed by atoms with Crippen LogP contribution in [0.15, 0.2) is 17.3 Å². The number of hydrogen-bond acceptors (Lipinski definition) is 7.